The average molecular weight is 389 g/mol. The number of urea groups is 1. The summed E-state index contributed by atoms with van der Waals surface area (Å²) < 4.78 is 0. The van der Waals surface area contributed by atoms with E-state index in [9.17, 15) is 9.59 Å². The Morgan fingerprint density at radius 3 is 2.11 bits per heavy atom. The van der Waals surface area contributed by atoms with Gasteiger partial charge in [-0.3, -0.25) is 4.79 Å². The molecule has 0 spiro atoms. The molecule has 4 N–H and O–H groups in total. The number of carbonyl (C=O) groups is 2. The number of nitrogens with two attached hydrogens (primary N) is 1. The van der Waals surface area contributed by atoms with Crippen molar-refractivity contribution in [3.05, 3.63) is 66.2 Å². The van der Waals surface area contributed by atoms with Crippen molar-refractivity contribution in [3.8, 4) is 0 Å². The second kappa shape index (κ2) is 9.94. The number of para-hydroxylation sites is 1. The molecule has 1 heterocycles. The topological polar surface area (TPSA) is 87.5 Å². The molecule has 7 heteroatoms. The van der Waals surface area contributed by atoms with Crippen LogP contribution >= 0.6 is 12.4 Å². The lowest BCUT2D eigenvalue weighted by atomic mass is 10.0. The van der Waals surface area contributed by atoms with Crippen LogP contribution in [0.4, 0.5) is 10.5 Å². The number of amides is 3. The number of hydrogen-bond donors (Lipinski definition) is 3. The summed E-state index contributed by atoms with van der Waals surface area (Å²) in [6.45, 7) is 1.20. The van der Waals surface area contributed by atoms with Gasteiger partial charge in [0.2, 0.25) is 5.91 Å². The fourth-order valence-corrected chi connectivity index (χ4v) is 3.05. The molecule has 1 saturated heterocycles. The number of rotatable bonds is 4. The van der Waals surface area contributed by atoms with Gasteiger partial charge in [0.1, 0.15) is 6.04 Å². The molecule has 6 nitrogen and oxygen atoms in total. The largest absolute Gasteiger partial charge is 0.352 e. The van der Waals surface area contributed by atoms with Gasteiger partial charge < -0.3 is 21.3 Å². The van der Waals surface area contributed by atoms with Gasteiger partial charge in [-0.2, -0.15) is 0 Å². The predicted octanol–water partition coefficient (Wildman–Crippen LogP) is 2.92. The molecule has 0 aliphatic carbocycles. The number of carbonyl (C=O) groups excluding carboxylic acids is 2. The number of nitrogens with one attached hydrogen (secondary N) is 2. The molecule has 0 bridgehead atoms. The zero-order chi connectivity index (χ0) is 18.4. The lowest BCUT2D eigenvalue weighted by Gasteiger charge is -2.32. The zero-order valence-corrected chi connectivity index (χ0v) is 15.8. The van der Waals surface area contributed by atoms with Crippen molar-refractivity contribution in [2.24, 2.45) is 5.73 Å². The Balaban J connectivity index is 0.00000261. The van der Waals surface area contributed by atoms with E-state index in [-0.39, 0.29) is 30.4 Å². The van der Waals surface area contributed by atoms with Gasteiger partial charge in [-0.25, -0.2) is 4.79 Å². The molecule has 0 aromatic heterocycles. The van der Waals surface area contributed by atoms with Crippen molar-refractivity contribution < 1.29 is 9.59 Å². The maximum absolute atomic E-state index is 12.3. The first-order chi connectivity index (χ1) is 12.6. The normalized spacial score (nSPS) is 15.4. The third kappa shape index (κ3) is 5.70. The highest BCUT2D eigenvalue weighted by Crippen LogP contribution is 2.15. The summed E-state index contributed by atoms with van der Waals surface area (Å²) >= 11 is 0. The Morgan fingerprint density at radius 2 is 1.52 bits per heavy atom. The number of likely N-dealkylation sites (tertiary alicyclic amines) is 1. The monoisotopic (exact) mass is 388 g/mol. The van der Waals surface area contributed by atoms with Gasteiger partial charge in [-0.1, -0.05) is 48.5 Å². The van der Waals surface area contributed by atoms with Crippen LogP contribution in [0.2, 0.25) is 0 Å². The maximum atomic E-state index is 12.3. The zero-order valence-electron chi connectivity index (χ0n) is 15.0. The van der Waals surface area contributed by atoms with E-state index in [1.807, 2.05) is 60.7 Å². The molecule has 144 valence electrons. The third-order valence-corrected chi connectivity index (χ3v) is 4.59. The Bertz CT molecular complexity index is 734. The molecule has 1 fully saturated rings. The Morgan fingerprint density at radius 1 is 0.963 bits per heavy atom. The third-order valence-electron chi connectivity index (χ3n) is 4.59. The minimum atomic E-state index is -0.671. The average Bonchev–Trinajstić information content (AvgIpc) is 2.69. The first-order valence-corrected chi connectivity index (χ1v) is 8.85. The Kier molecular flexibility index (Phi) is 7.64. The summed E-state index contributed by atoms with van der Waals surface area (Å²) in [5.74, 6) is -0.177. The second-order valence-electron chi connectivity index (χ2n) is 6.45. The molecular formula is C20H25ClN4O2. The van der Waals surface area contributed by atoms with Crippen LogP contribution in [-0.2, 0) is 4.79 Å². The molecule has 3 rings (SSSR count). The minimum absolute atomic E-state index is 0. The molecule has 2 aromatic rings. The smallest absolute Gasteiger partial charge is 0.321 e. The number of nitrogens with zero attached hydrogens (tertiary/aromatic N) is 1. The van der Waals surface area contributed by atoms with E-state index in [0.29, 0.717) is 13.1 Å². The van der Waals surface area contributed by atoms with E-state index in [2.05, 4.69) is 10.6 Å². The molecule has 1 atom stereocenters. The maximum Gasteiger partial charge on any atom is 0.321 e. The first-order valence-electron chi connectivity index (χ1n) is 8.85. The Hall–Kier alpha value is -2.57. The number of piperidine rings is 1. The molecule has 1 unspecified atom stereocenters. The number of anilines is 1. The summed E-state index contributed by atoms with van der Waals surface area (Å²) in [5, 5.41) is 5.89. The fraction of sp³-hybridized carbons (Fsp3) is 0.300. The summed E-state index contributed by atoms with van der Waals surface area (Å²) in [5.41, 5.74) is 7.61. The van der Waals surface area contributed by atoms with E-state index in [1.54, 1.807) is 4.90 Å². The molecule has 3 amide bonds. The van der Waals surface area contributed by atoms with Crippen molar-refractivity contribution in [2.45, 2.75) is 24.9 Å². The standard InChI is InChI=1S/C20H24N4O2.ClH/c21-18(15-7-3-1-4-8-15)19(25)22-17-11-13-24(14-12-17)20(26)23-16-9-5-2-6-10-16;/h1-10,17-18H,11-14,21H2,(H,22,25)(H,23,26);1H. The number of benzene rings is 2. The van der Waals surface area contributed by atoms with Gasteiger partial charge in [0.05, 0.1) is 0 Å². The van der Waals surface area contributed by atoms with Crippen LogP contribution in [0.1, 0.15) is 24.4 Å². The summed E-state index contributed by atoms with van der Waals surface area (Å²) in [7, 11) is 0. The van der Waals surface area contributed by atoms with Crippen molar-refractivity contribution in [1.82, 2.24) is 10.2 Å². The lowest BCUT2D eigenvalue weighted by Crippen LogP contribution is -2.49. The van der Waals surface area contributed by atoms with Gasteiger partial charge in [0.25, 0.3) is 0 Å². The summed E-state index contributed by atoms with van der Waals surface area (Å²) in [6, 6.07) is 18.0. The van der Waals surface area contributed by atoms with Crippen molar-refractivity contribution in [2.75, 3.05) is 18.4 Å². The highest BCUT2D eigenvalue weighted by atomic mass is 35.5. The van der Waals surface area contributed by atoms with Crippen molar-refractivity contribution >= 4 is 30.0 Å². The van der Waals surface area contributed by atoms with Gasteiger partial charge in [-0.15, -0.1) is 12.4 Å². The van der Waals surface area contributed by atoms with Gasteiger partial charge in [0, 0.05) is 24.8 Å². The van der Waals surface area contributed by atoms with Crippen LogP contribution in [0.25, 0.3) is 0 Å². The fourth-order valence-electron chi connectivity index (χ4n) is 3.05. The van der Waals surface area contributed by atoms with Gasteiger partial charge in [0.15, 0.2) is 0 Å². The van der Waals surface area contributed by atoms with Crippen LogP contribution in [0.5, 0.6) is 0 Å². The highest BCUT2D eigenvalue weighted by Gasteiger charge is 2.25. The summed E-state index contributed by atoms with van der Waals surface area (Å²) in [6.07, 6.45) is 1.44. The predicted molar refractivity (Wildman–Crippen MR) is 109 cm³/mol. The van der Waals surface area contributed by atoms with Gasteiger partial charge in [-0.05, 0) is 30.5 Å². The lowest BCUT2D eigenvalue weighted by molar-refractivity contribution is -0.123. The van der Waals surface area contributed by atoms with Gasteiger partial charge >= 0.3 is 6.03 Å². The molecule has 1 aliphatic heterocycles. The SMILES string of the molecule is Cl.NC(C(=O)NC1CCN(C(=O)Nc2ccccc2)CC1)c1ccccc1. The van der Waals surface area contributed by atoms with Crippen LogP contribution in [0.3, 0.4) is 0 Å². The van der Waals surface area contributed by atoms with E-state index < -0.39 is 6.04 Å². The molecule has 27 heavy (non-hydrogen) atoms. The molecular weight excluding hydrogens is 364 g/mol. The van der Waals surface area contributed by atoms with Crippen LogP contribution in [0.15, 0.2) is 60.7 Å². The van der Waals surface area contributed by atoms with Crippen molar-refractivity contribution in [1.29, 1.82) is 0 Å². The van der Waals surface area contributed by atoms with Crippen LogP contribution < -0.4 is 16.4 Å². The first kappa shape index (κ1) is 20.7. The number of hydrogen-bond acceptors (Lipinski definition) is 3. The van der Waals surface area contributed by atoms with Crippen LogP contribution in [0, 0.1) is 0 Å². The summed E-state index contributed by atoms with van der Waals surface area (Å²) in [4.78, 5) is 26.4. The van der Waals surface area contributed by atoms with E-state index >= 15 is 0 Å². The highest BCUT2D eigenvalue weighted by molar-refractivity contribution is 5.89. The van der Waals surface area contributed by atoms with Crippen molar-refractivity contribution in [3.63, 3.8) is 0 Å². The Labute approximate surface area is 165 Å². The second-order valence-corrected chi connectivity index (χ2v) is 6.45. The number of halogens is 1. The molecule has 2 aromatic carbocycles. The molecule has 0 saturated carbocycles. The van der Waals surface area contributed by atoms with E-state index in [0.717, 1.165) is 24.1 Å². The van der Waals surface area contributed by atoms with Crippen LogP contribution in [-0.4, -0.2) is 36.0 Å². The van der Waals surface area contributed by atoms with E-state index in [4.69, 9.17) is 5.73 Å². The molecule has 1 aliphatic rings. The minimum Gasteiger partial charge on any atom is -0.352 e. The van der Waals surface area contributed by atoms with E-state index in [1.165, 1.54) is 0 Å². The molecule has 0 radical (unpaired) electrons. The quantitative estimate of drug-likeness (QED) is 0.752.